The van der Waals surface area contributed by atoms with E-state index in [2.05, 4.69) is 15.0 Å². The van der Waals surface area contributed by atoms with Crippen molar-refractivity contribution < 1.29 is 0 Å². The number of hydrogen-bond donors (Lipinski definition) is 3. The van der Waals surface area contributed by atoms with Gasteiger partial charge < -0.3 is 10.7 Å². The van der Waals surface area contributed by atoms with Crippen molar-refractivity contribution in [3.8, 4) is 11.3 Å². The van der Waals surface area contributed by atoms with E-state index < -0.39 is 11.2 Å². The van der Waals surface area contributed by atoms with Gasteiger partial charge in [-0.3, -0.25) is 9.78 Å². The first kappa shape index (κ1) is 11.7. The number of aromatic amines is 2. The molecule has 8 heteroatoms. The summed E-state index contributed by atoms with van der Waals surface area (Å²) in [6, 6.07) is 0. The minimum absolute atomic E-state index is 0. The quantitative estimate of drug-likeness (QED) is 0.705. The van der Waals surface area contributed by atoms with Crippen molar-refractivity contribution in [3.05, 3.63) is 32.4 Å². The van der Waals surface area contributed by atoms with Gasteiger partial charge >= 0.3 is 5.69 Å². The molecule has 6 nitrogen and oxygen atoms in total. The third-order valence-electron chi connectivity index (χ3n) is 1.62. The summed E-state index contributed by atoms with van der Waals surface area (Å²) in [4.78, 5) is 30.4. The lowest BCUT2D eigenvalue weighted by Crippen LogP contribution is -2.22. The van der Waals surface area contributed by atoms with Gasteiger partial charge in [0.05, 0.1) is 11.3 Å². The van der Waals surface area contributed by atoms with E-state index in [1.807, 2.05) is 0 Å². The van der Waals surface area contributed by atoms with Crippen molar-refractivity contribution >= 4 is 33.4 Å². The molecule has 0 aliphatic heterocycles. The molecule has 0 unspecified atom stereocenters. The maximum atomic E-state index is 11.3. The Morgan fingerprint density at radius 3 is 2.67 bits per heavy atom. The van der Waals surface area contributed by atoms with Crippen LogP contribution in [-0.2, 0) is 0 Å². The fourth-order valence-corrected chi connectivity index (χ4v) is 1.57. The predicted octanol–water partition coefficient (Wildman–Crippen LogP) is 0.347. The number of aromatic nitrogens is 3. The molecule has 4 N–H and O–H groups in total. The lowest BCUT2D eigenvalue weighted by atomic mass is 10.3. The monoisotopic (exact) mass is 290 g/mol. The molecule has 15 heavy (non-hydrogen) atoms. The van der Waals surface area contributed by atoms with Crippen LogP contribution in [0, 0.1) is 0 Å². The summed E-state index contributed by atoms with van der Waals surface area (Å²) < 4.78 is 0. The second kappa shape index (κ2) is 4.41. The van der Waals surface area contributed by atoms with Crippen molar-refractivity contribution in [1.29, 1.82) is 0 Å². The molecule has 0 aromatic carbocycles. The Balaban J connectivity index is 0.00000112. The second-order valence-corrected chi connectivity index (χ2v) is 3.45. The van der Waals surface area contributed by atoms with Crippen LogP contribution in [0.4, 0.5) is 5.13 Å². The molecule has 0 atom stereocenters. The summed E-state index contributed by atoms with van der Waals surface area (Å²) in [6.45, 7) is 0. The number of nitrogens with zero attached hydrogens (tertiary/aromatic N) is 1. The zero-order valence-corrected chi connectivity index (χ0v) is 9.84. The number of anilines is 1. The predicted molar refractivity (Wildman–Crippen MR) is 63.5 cm³/mol. The van der Waals surface area contributed by atoms with E-state index in [4.69, 9.17) is 5.73 Å². The number of thiazole rings is 1. The number of nitrogens with one attached hydrogen (secondary N) is 2. The van der Waals surface area contributed by atoms with Gasteiger partial charge in [-0.25, -0.2) is 9.78 Å². The Kier molecular flexibility index (Phi) is 3.43. The lowest BCUT2D eigenvalue weighted by molar-refractivity contribution is 1.04. The number of rotatable bonds is 1. The maximum Gasteiger partial charge on any atom is 0.325 e. The molecule has 0 saturated carbocycles. The molecule has 0 fully saturated rings. The van der Waals surface area contributed by atoms with Crippen molar-refractivity contribution in [2.45, 2.75) is 0 Å². The van der Waals surface area contributed by atoms with E-state index in [-0.39, 0.29) is 17.0 Å². The van der Waals surface area contributed by atoms with Crippen LogP contribution in [0.2, 0.25) is 0 Å². The van der Waals surface area contributed by atoms with Crippen LogP contribution in [0.15, 0.2) is 21.2 Å². The largest absolute Gasteiger partial charge is 0.375 e. The number of hydrogen-bond acceptors (Lipinski definition) is 5. The van der Waals surface area contributed by atoms with Crippen molar-refractivity contribution in [2.75, 3.05) is 5.73 Å². The normalized spacial score (nSPS) is 9.60. The maximum absolute atomic E-state index is 11.3. The smallest absolute Gasteiger partial charge is 0.325 e. The van der Waals surface area contributed by atoms with Crippen LogP contribution >= 0.6 is 28.3 Å². The minimum Gasteiger partial charge on any atom is -0.375 e. The highest BCUT2D eigenvalue weighted by Crippen LogP contribution is 2.18. The van der Waals surface area contributed by atoms with Crippen molar-refractivity contribution in [2.24, 2.45) is 0 Å². The van der Waals surface area contributed by atoms with E-state index in [1.165, 1.54) is 17.5 Å². The molecular weight excluding hydrogens is 284 g/mol. The van der Waals surface area contributed by atoms with Crippen molar-refractivity contribution in [1.82, 2.24) is 15.0 Å². The molecule has 0 radical (unpaired) electrons. The first-order chi connectivity index (χ1) is 6.66. The highest BCUT2D eigenvalue weighted by molar-refractivity contribution is 8.93. The Morgan fingerprint density at radius 2 is 2.13 bits per heavy atom. The van der Waals surface area contributed by atoms with Crippen LogP contribution in [0.3, 0.4) is 0 Å². The lowest BCUT2D eigenvalue weighted by Gasteiger charge is -1.92. The van der Waals surface area contributed by atoms with E-state index in [9.17, 15) is 9.59 Å². The van der Waals surface area contributed by atoms with Gasteiger partial charge in [-0.05, 0) is 0 Å². The molecule has 0 bridgehead atoms. The molecule has 2 heterocycles. The number of H-pyrrole nitrogens is 2. The molecule has 2 rings (SSSR count). The number of nitrogen functional groups attached to an aromatic ring is 1. The number of halogens is 1. The summed E-state index contributed by atoms with van der Waals surface area (Å²) in [5.74, 6) is 0. The summed E-state index contributed by atoms with van der Waals surface area (Å²) in [5, 5.41) is 2.03. The van der Waals surface area contributed by atoms with Crippen molar-refractivity contribution in [3.63, 3.8) is 0 Å². The number of nitrogens with two attached hydrogens (primary N) is 1. The Labute approximate surface area is 98.0 Å². The highest BCUT2D eigenvalue weighted by atomic mass is 79.9. The molecule has 0 saturated heterocycles. The minimum atomic E-state index is -0.540. The average Bonchev–Trinajstić information content (AvgIpc) is 2.51. The van der Waals surface area contributed by atoms with Gasteiger partial charge in [0.2, 0.25) is 0 Å². The molecule has 0 aliphatic carbocycles. The van der Waals surface area contributed by atoms with Gasteiger partial charge in [-0.15, -0.1) is 28.3 Å². The molecule has 0 aliphatic rings. The Bertz CT molecular complexity index is 573. The molecule has 0 spiro atoms. The SMILES string of the molecule is Br.Nc1nc(-c2c[nH]c(=O)[nH]c2=O)cs1. The molecule has 80 valence electrons. The first-order valence-electron chi connectivity index (χ1n) is 3.70. The topological polar surface area (TPSA) is 105 Å². The molecule has 2 aromatic heterocycles. The first-order valence-corrected chi connectivity index (χ1v) is 4.58. The van der Waals surface area contributed by atoms with Gasteiger partial charge in [0.15, 0.2) is 5.13 Å². The van der Waals surface area contributed by atoms with Gasteiger partial charge in [0.1, 0.15) is 0 Å². The summed E-state index contributed by atoms with van der Waals surface area (Å²) >= 11 is 1.23. The van der Waals surface area contributed by atoms with E-state index in [0.717, 1.165) is 0 Å². The van der Waals surface area contributed by atoms with Crippen LogP contribution in [-0.4, -0.2) is 15.0 Å². The third-order valence-corrected chi connectivity index (χ3v) is 2.29. The molecular formula is C7H7BrN4O2S. The van der Waals surface area contributed by atoms with Gasteiger partial charge in [0.25, 0.3) is 5.56 Å². The van der Waals surface area contributed by atoms with Crippen LogP contribution in [0.25, 0.3) is 11.3 Å². The van der Waals surface area contributed by atoms with Crippen LogP contribution in [0.1, 0.15) is 0 Å². The Hall–Kier alpha value is -1.41. The van der Waals surface area contributed by atoms with Crippen LogP contribution in [0.5, 0.6) is 0 Å². The fourth-order valence-electron chi connectivity index (χ4n) is 1.01. The Morgan fingerprint density at radius 1 is 1.40 bits per heavy atom. The standard InChI is InChI=1S/C7H6N4O2S.BrH/c8-6-10-4(2-14-6)3-1-9-7(13)11-5(3)12;/h1-2H,(H2,8,10)(H2,9,11,12,13);1H. The highest BCUT2D eigenvalue weighted by Gasteiger charge is 2.06. The molecule has 2 aromatic rings. The summed E-state index contributed by atoms with van der Waals surface area (Å²) in [5.41, 5.74) is 5.17. The molecule has 0 amide bonds. The van der Waals surface area contributed by atoms with E-state index in [0.29, 0.717) is 16.4 Å². The average molecular weight is 291 g/mol. The van der Waals surface area contributed by atoms with E-state index >= 15 is 0 Å². The summed E-state index contributed by atoms with van der Waals surface area (Å²) in [6.07, 6.45) is 1.32. The second-order valence-electron chi connectivity index (χ2n) is 2.56. The van der Waals surface area contributed by atoms with E-state index in [1.54, 1.807) is 5.38 Å². The third kappa shape index (κ3) is 2.34. The zero-order chi connectivity index (χ0) is 10.1. The summed E-state index contributed by atoms with van der Waals surface area (Å²) in [7, 11) is 0. The van der Waals surface area contributed by atoms with Gasteiger partial charge in [0, 0.05) is 11.6 Å². The van der Waals surface area contributed by atoms with Gasteiger partial charge in [-0.2, -0.15) is 0 Å². The van der Waals surface area contributed by atoms with Crippen LogP contribution < -0.4 is 17.0 Å². The zero-order valence-electron chi connectivity index (χ0n) is 7.31. The fraction of sp³-hybridized carbons (Fsp3) is 0. The van der Waals surface area contributed by atoms with Gasteiger partial charge in [-0.1, -0.05) is 0 Å².